The first-order valence-corrected chi connectivity index (χ1v) is 8.04. The zero-order valence-corrected chi connectivity index (χ0v) is 9.18. The van der Waals surface area contributed by atoms with Crippen molar-refractivity contribution >= 4 is 8.32 Å². The predicted octanol–water partition coefficient (Wildman–Crippen LogP) is 2.14. The Bertz CT molecular complexity index is 136. The molecule has 1 saturated heterocycles. The van der Waals surface area contributed by atoms with Gasteiger partial charge in [0.1, 0.15) is 0 Å². The van der Waals surface area contributed by atoms with Crippen molar-refractivity contribution in [3.8, 4) is 0 Å². The van der Waals surface area contributed by atoms with Gasteiger partial charge in [-0.15, -0.1) is 0 Å². The highest BCUT2D eigenvalue weighted by Gasteiger charge is 2.30. The van der Waals surface area contributed by atoms with Crippen molar-refractivity contribution in [2.45, 2.75) is 50.9 Å². The van der Waals surface area contributed by atoms with E-state index in [9.17, 15) is 0 Å². The fraction of sp³-hybridized carbons (Fsp3) is 1.00. The third kappa shape index (κ3) is 3.25. The van der Waals surface area contributed by atoms with Gasteiger partial charge in [-0.2, -0.15) is 0 Å². The molecule has 0 aliphatic carbocycles. The molecule has 0 spiro atoms. The molecule has 0 saturated carbocycles. The van der Waals surface area contributed by atoms with Gasteiger partial charge in [0, 0.05) is 12.7 Å². The second-order valence-electron chi connectivity index (χ2n) is 4.26. The molecule has 1 heterocycles. The number of rotatable bonds is 3. The maximum Gasteiger partial charge on any atom is 0.187 e. The number of aliphatic hydroxyl groups is 1. The van der Waals surface area contributed by atoms with Crippen LogP contribution in [-0.4, -0.2) is 26.1 Å². The van der Waals surface area contributed by atoms with Crippen molar-refractivity contribution in [1.82, 2.24) is 0 Å². The van der Waals surface area contributed by atoms with Crippen LogP contribution < -0.4 is 0 Å². The molecule has 0 amide bonds. The largest absolute Gasteiger partial charge is 0.414 e. The zero-order chi connectivity index (χ0) is 9.03. The lowest BCUT2D eigenvalue weighted by Gasteiger charge is -2.34. The van der Waals surface area contributed by atoms with E-state index in [0.29, 0.717) is 12.7 Å². The van der Waals surface area contributed by atoms with Crippen LogP contribution in [0.15, 0.2) is 0 Å². The lowest BCUT2D eigenvalue weighted by Crippen LogP contribution is -2.39. The van der Waals surface area contributed by atoms with Crippen LogP contribution in [0.4, 0.5) is 0 Å². The summed E-state index contributed by atoms with van der Waals surface area (Å²) in [5.41, 5.74) is 0. The van der Waals surface area contributed by atoms with Gasteiger partial charge in [0.15, 0.2) is 8.32 Å². The molecule has 1 N–H and O–H groups in total. The fourth-order valence-corrected chi connectivity index (χ4v) is 4.16. The molecule has 12 heavy (non-hydrogen) atoms. The summed E-state index contributed by atoms with van der Waals surface area (Å²) >= 11 is 0. The Morgan fingerprint density at radius 3 is 2.83 bits per heavy atom. The van der Waals surface area contributed by atoms with E-state index in [1.54, 1.807) is 0 Å². The van der Waals surface area contributed by atoms with Gasteiger partial charge in [0.2, 0.25) is 0 Å². The third-order valence-electron chi connectivity index (χ3n) is 2.47. The lowest BCUT2D eigenvalue weighted by atomic mass is 10.1. The molecular weight excluding hydrogens is 168 g/mol. The van der Waals surface area contributed by atoms with Gasteiger partial charge in [-0.25, -0.2) is 0 Å². The summed E-state index contributed by atoms with van der Waals surface area (Å²) in [5, 5.41) is 8.68. The summed E-state index contributed by atoms with van der Waals surface area (Å²) in [7, 11) is -1.29. The maximum atomic E-state index is 8.68. The van der Waals surface area contributed by atoms with E-state index in [-0.39, 0.29) is 0 Å². The highest BCUT2D eigenvalue weighted by molar-refractivity contribution is 6.71. The molecule has 1 fully saturated rings. The van der Waals surface area contributed by atoms with Crippen LogP contribution in [0.1, 0.15) is 25.7 Å². The van der Waals surface area contributed by atoms with Crippen molar-refractivity contribution < 1.29 is 9.53 Å². The molecule has 0 bridgehead atoms. The molecule has 0 radical (unpaired) electrons. The summed E-state index contributed by atoms with van der Waals surface area (Å²) in [6.07, 6.45) is 4.93. The molecule has 1 aliphatic rings. The molecule has 1 rings (SSSR count). The van der Waals surface area contributed by atoms with E-state index in [4.69, 9.17) is 9.53 Å². The van der Waals surface area contributed by atoms with Crippen molar-refractivity contribution in [1.29, 1.82) is 0 Å². The number of hydrogen-bond donors (Lipinski definition) is 1. The quantitative estimate of drug-likeness (QED) is 0.688. The minimum atomic E-state index is -1.29. The summed E-state index contributed by atoms with van der Waals surface area (Å²) in [4.78, 5) is 0. The highest BCUT2D eigenvalue weighted by Crippen LogP contribution is 2.27. The Morgan fingerprint density at radius 1 is 1.50 bits per heavy atom. The molecule has 3 heteroatoms. The summed E-state index contributed by atoms with van der Waals surface area (Å²) in [5.74, 6) is 0. The molecule has 1 atom stereocenters. The lowest BCUT2D eigenvalue weighted by molar-refractivity contribution is 0.139. The van der Waals surface area contributed by atoms with Gasteiger partial charge in [0.25, 0.3) is 0 Å². The van der Waals surface area contributed by atoms with E-state index in [2.05, 4.69) is 13.1 Å². The monoisotopic (exact) mass is 188 g/mol. The molecule has 0 aromatic rings. The zero-order valence-electron chi connectivity index (χ0n) is 8.18. The number of aliphatic hydroxyl groups excluding tert-OH is 1. The van der Waals surface area contributed by atoms with Crippen LogP contribution in [0.25, 0.3) is 0 Å². The molecule has 0 aromatic carbocycles. The van der Waals surface area contributed by atoms with E-state index < -0.39 is 8.32 Å². The number of hydrogen-bond acceptors (Lipinski definition) is 2. The summed E-state index contributed by atoms with van der Waals surface area (Å²) in [6.45, 7) is 4.89. The average molecular weight is 188 g/mol. The second kappa shape index (κ2) is 4.39. The van der Waals surface area contributed by atoms with Crippen LogP contribution in [0.3, 0.4) is 0 Å². The Balaban J connectivity index is 2.26. The van der Waals surface area contributed by atoms with Crippen molar-refractivity contribution in [3.05, 3.63) is 0 Å². The maximum absolute atomic E-state index is 8.68. The standard InChI is InChI=1S/C9H20O2Si/c1-12(2)8-4-6-9(11-12)5-3-7-10/h9-10H,3-8H2,1-2H3. The highest BCUT2D eigenvalue weighted by atomic mass is 28.4. The van der Waals surface area contributed by atoms with Crippen LogP contribution in [0, 0.1) is 0 Å². The molecule has 1 aliphatic heterocycles. The minimum Gasteiger partial charge on any atom is -0.414 e. The SMILES string of the molecule is C[Si]1(C)CCCC(CCCO)O1. The topological polar surface area (TPSA) is 29.5 Å². The first-order chi connectivity index (χ1) is 5.64. The van der Waals surface area contributed by atoms with Crippen molar-refractivity contribution in [2.24, 2.45) is 0 Å². The van der Waals surface area contributed by atoms with Gasteiger partial charge in [-0.05, 0) is 38.4 Å². The van der Waals surface area contributed by atoms with Crippen LogP contribution in [0.5, 0.6) is 0 Å². The molecule has 1 unspecified atom stereocenters. The van der Waals surface area contributed by atoms with Crippen LogP contribution >= 0.6 is 0 Å². The van der Waals surface area contributed by atoms with Crippen LogP contribution in [0.2, 0.25) is 19.1 Å². The Kier molecular flexibility index (Phi) is 3.74. The first kappa shape index (κ1) is 10.2. The molecule has 0 aromatic heterocycles. The van der Waals surface area contributed by atoms with Gasteiger partial charge in [0.05, 0.1) is 0 Å². The van der Waals surface area contributed by atoms with Gasteiger partial charge < -0.3 is 9.53 Å². The van der Waals surface area contributed by atoms with Crippen molar-refractivity contribution in [3.63, 3.8) is 0 Å². The van der Waals surface area contributed by atoms with E-state index >= 15 is 0 Å². The predicted molar refractivity (Wildman–Crippen MR) is 52.7 cm³/mol. The summed E-state index contributed by atoms with van der Waals surface area (Å²) in [6, 6.07) is 1.31. The Hall–Kier alpha value is 0.137. The third-order valence-corrected chi connectivity index (χ3v) is 5.00. The van der Waals surface area contributed by atoms with Gasteiger partial charge in [-0.1, -0.05) is 6.42 Å². The van der Waals surface area contributed by atoms with Gasteiger partial charge >= 0.3 is 0 Å². The molecule has 72 valence electrons. The Labute approximate surface area is 76.1 Å². The van der Waals surface area contributed by atoms with E-state index in [1.165, 1.54) is 18.9 Å². The van der Waals surface area contributed by atoms with Crippen molar-refractivity contribution in [2.75, 3.05) is 6.61 Å². The first-order valence-electron chi connectivity index (χ1n) is 4.93. The van der Waals surface area contributed by atoms with Gasteiger partial charge in [-0.3, -0.25) is 0 Å². The molecule has 2 nitrogen and oxygen atoms in total. The average Bonchev–Trinajstić information content (AvgIpc) is 1.99. The van der Waals surface area contributed by atoms with E-state index in [0.717, 1.165) is 12.8 Å². The van der Waals surface area contributed by atoms with Crippen LogP contribution in [-0.2, 0) is 4.43 Å². The Morgan fingerprint density at radius 2 is 2.25 bits per heavy atom. The summed E-state index contributed by atoms with van der Waals surface area (Å²) < 4.78 is 6.00. The normalized spacial score (nSPS) is 28.8. The fourth-order valence-electron chi connectivity index (χ4n) is 1.85. The van der Waals surface area contributed by atoms with E-state index in [1.807, 2.05) is 0 Å². The molecular formula is C9H20O2Si. The smallest absolute Gasteiger partial charge is 0.187 e. The minimum absolute atomic E-state index is 0.307. The second-order valence-corrected chi connectivity index (χ2v) is 8.51.